The summed E-state index contributed by atoms with van der Waals surface area (Å²) in [6.45, 7) is 8.68. The van der Waals surface area contributed by atoms with Crippen LogP contribution in [0.5, 0.6) is 0 Å². The first-order chi connectivity index (χ1) is 30.4. The summed E-state index contributed by atoms with van der Waals surface area (Å²) in [6, 6.07) is 14.8. The zero-order chi connectivity index (χ0) is 45.0. The first-order valence-corrected chi connectivity index (χ1v) is 20.9. The van der Waals surface area contributed by atoms with Gasteiger partial charge in [0.25, 0.3) is 23.6 Å². The number of nitrogens with one attached hydrogen (secondary N) is 5. The van der Waals surface area contributed by atoms with E-state index >= 15 is 0 Å². The lowest BCUT2D eigenvalue weighted by Gasteiger charge is -2.22. The second-order valence-corrected chi connectivity index (χ2v) is 15.0. The Labute approximate surface area is 377 Å². The second-order valence-electron chi connectivity index (χ2n) is 15.0. The number of halogens is 2. The van der Waals surface area contributed by atoms with E-state index in [0.717, 1.165) is 22.3 Å². The minimum atomic E-state index is -0.605. The van der Waals surface area contributed by atoms with Gasteiger partial charge in [0.1, 0.15) is 12.4 Å². The van der Waals surface area contributed by atoms with Gasteiger partial charge in [0.15, 0.2) is 0 Å². The number of carbonyl (C=O) groups is 5. The van der Waals surface area contributed by atoms with E-state index in [1.165, 1.54) is 23.1 Å². The Balaban J connectivity index is 0.00000771. The fraction of sp³-hybridized carbons (Fsp3) is 0.370. The molecule has 18 heteroatoms. The number of ether oxygens (including phenoxy) is 4. The summed E-state index contributed by atoms with van der Waals surface area (Å²) in [7, 11) is 1.60. The van der Waals surface area contributed by atoms with Crippen molar-refractivity contribution in [1.29, 1.82) is 0 Å². The lowest BCUT2D eigenvalue weighted by molar-refractivity contribution is -0.110. The van der Waals surface area contributed by atoms with E-state index in [-0.39, 0.29) is 80.9 Å². The van der Waals surface area contributed by atoms with Crippen LogP contribution in [0, 0.1) is 19.7 Å². The highest BCUT2D eigenvalue weighted by atomic mass is 35.5. The molecule has 0 saturated heterocycles. The number of aromatic nitrogens is 1. The van der Waals surface area contributed by atoms with E-state index in [9.17, 15) is 28.4 Å². The van der Waals surface area contributed by atoms with Gasteiger partial charge >= 0.3 is 6.09 Å². The molecule has 1 aromatic heterocycles. The predicted molar refractivity (Wildman–Crippen MR) is 242 cm³/mol. The number of aromatic amines is 1. The van der Waals surface area contributed by atoms with Gasteiger partial charge in [0.05, 0.1) is 44.2 Å². The number of anilines is 1. The normalized spacial score (nSPS) is 13.9. The highest BCUT2D eigenvalue weighted by Crippen LogP contribution is 2.46. The van der Waals surface area contributed by atoms with E-state index in [0.29, 0.717) is 84.5 Å². The average molecular weight is 904 g/mol. The van der Waals surface area contributed by atoms with Crippen LogP contribution in [-0.2, 0) is 23.7 Å². The quantitative estimate of drug-likeness (QED) is 0.0497. The van der Waals surface area contributed by atoms with Gasteiger partial charge in [-0.2, -0.15) is 0 Å². The van der Waals surface area contributed by atoms with E-state index < -0.39 is 17.8 Å². The number of methoxy groups -OCH3 is 1. The van der Waals surface area contributed by atoms with Crippen molar-refractivity contribution in [3.63, 3.8) is 0 Å². The molecule has 2 aliphatic rings. The molecule has 7 N–H and O–H groups in total. The van der Waals surface area contributed by atoms with Gasteiger partial charge in [0, 0.05) is 86.1 Å². The summed E-state index contributed by atoms with van der Waals surface area (Å²) in [4.78, 5) is 70.6. The van der Waals surface area contributed by atoms with Gasteiger partial charge in [-0.1, -0.05) is 12.1 Å². The SMILES string of the molecule is CCN(CCNC(=O)c1c(C)[nH]c(/C=C2\C(=O)Nc3ccc(F)cc32)c1C)C(=O)OCC1c2cc(C(=O)NCCN)ccc2-c2ccc(C(=O)NCCOCCOCCOC)cc21.Cl. The molecule has 6 rings (SSSR count). The number of H-pyrrole nitrogens is 1. The molecule has 0 fully saturated rings. The predicted octanol–water partition coefficient (Wildman–Crippen LogP) is 4.78. The van der Waals surface area contributed by atoms with E-state index in [1.54, 1.807) is 58.2 Å². The van der Waals surface area contributed by atoms with Crippen LogP contribution in [0.4, 0.5) is 14.9 Å². The van der Waals surface area contributed by atoms with Gasteiger partial charge in [-0.3, -0.25) is 19.2 Å². The topological polar surface area (TPSA) is 215 Å². The highest BCUT2D eigenvalue weighted by molar-refractivity contribution is 6.35. The van der Waals surface area contributed by atoms with Crippen molar-refractivity contribution in [2.45, 2.75) is 26.7 Å². The molecule has 64 heavy (non-hydrogen) atoms. The molecule has 0 radical (unpaired) electrons. The van der Waals surface area contributed by atoms with Crippen molar-refractivity contribution in [3.8, 4) is 11.1 Å². The minimum Gasteiger partial charge on any atom is -0.448 e. The molecule has 1 atom stereocenters. The Kier molecular flexibility index (Phi) is 17.6. The molecule has 1 aliphatic carbocycles. The first kappa shape index (κ1) is 48.9. The first-order valence-electron chi connectivity index (χ1n) is 20.9. The molecule has 0 spiro atoms. The summed E-state index contributed by atoms with van der Waals surface area (Å²) in [5.41, 5.74) is 13.0. The molecule has 4 aromatic rings. The van der Waals surface area contributed by atoms with Crippen molar-refractivity contribution in [2.75, 3.05) is 91.3 Å². The standard InChI is InChI=1S/C46H54FN7O9.ClH/c1-5-54(16-14-50-45(58)41-27(2)40(52-28(41)3)25-37-36-24-31(47)8-11-39(36)53-44(37)57)46(59)63-26-38-34-22-29(42(55)49-13-12-48)6-9-32(34)33-10-7-30(23-35(33)38)43(56)51-15-17-61-20-21-62-19-18-60-4;/h6-11,22-25,38,52H,5,12-21,26,48H2,1-4H3,(H,49,55)(H,50,58)(H,51,56)(H,53,57);1H/b37-25-;. The number of fused-ring (bicyclic) bond motifs is 4. The third kappa shape index (κ3) is 11.5. The zero-order valence-electron chi connectivity index (χ0n) is 36.3. The van der Waals surface area contributed by atoms with Gasteiger partial charge in [-0.05, 0) is 97.1 Å². The van der Waals surface area contributed by atoms with Crippen molar-refractivity contribution < 1.29 is 47.3 Å². The van der Waals surface area contributed by atoms with Gasteiger partial charge in [-0.15, -0.1) is 12.4 Å². The number of rotatable bonds is 21. The van der Waals surface area contributed by atoms with Crippen LogP contribution < -0.4 is 27.0 Å². The van der Waals surface area contributed by atoms with Crippen molar-refractivity contribution in [3.05, 3.63) is 111 Å². The molecule has 1 unspecified atom stereocenters. The number of nitrogens with two attached hydrogens (primary N) is 1. The van der Waals surface area contributed by atoms with Gasteiger partial charge < -0.3 is 55.8 Å². The Bertz CT molecular complexity index is 2390. The minimum absolute atomic E-state index is 0. The number of benzene rings is 3. The maximum absolute atomic E-state index is 14.0. The molecule has 2 heterocycles. The number of hydrogen-bond donors (Lipinski definition) is 6. The molecule has 0 saturated carbocycles. The van der Waals surface area contributed by atoms with E-state index in [4.69, 9.17) is 24.7 Å². The summed E-state index contributed by atoms with van der Waals surface area (Å²) in [6.07, 6.45) is 0.996. The van der Waals surface area contributed by atoms with Crippen LogP contribution in [0.1, 0.15) is 77.6 Å². The molecule has 1 aliphatic heterocycles. The number of amides is 5. The Morgan fingerprint density at radius 2 is 1.44 bits per heavy atom. The number of carbonyl (C=O) groups excluding carboxylic acids is 5. The maximum Gasteiger partial charge on any atom is 0.409 e. The highest BCUT2D eigenvalue weighted by Gasteiger charge is 2.32. The van der Waals surface area contributed by atoms with Gasteiger partial charge in [-0.25, -0.2) is 9.18 Å². The van der Waals surface area contributed by atoms with Gasteiger partial charge in [0.2, 0.25) is 0 Å². The lowest BCUT2D eigenvalue weighted by Crippen LogP contribution is -2.39. The van der Waals surface area contributed by atoms with E-state index in [2.05, 4.69) is 26.3 Å². The van der Waals surface area contributed by atoms with Crippen LogP contribution in [-0.4, -0.2) is 126 Å². The molecule has 5 amide bonds. The zero-order valence-corrected chi connectivity index (χ0v) is 37.1. The fourth-order valence-electron chi connectivity index (χ4n) is 7.64. The summed E-state index contributed by atoms with van der Waals surface area (Å²) in [5.74, 6) is -2.32. The summed E-state index contributed by atoms with van der Waals surface area (Å²) >= 11 is 0. The molecule has 3 aromatic carbocycles. The van der Waals surface area contributed by atoms with Crippen LogP contribution >= 0.6 is 12.4 Å². The Morgan fingerprint density at radius 3 is 2.08 bits per heavy atom. The largest absolute Gasteiger partial charge is 0.448 e. The van der Waals surface area contributed by atoms with Crippen LogP contribution in [0.3, 0.4) is 0 Å². The monoisotopic (exact) mass is 903 g/mol. The van der Waals surface area contributed by atoms with Crippen LogP contribution in [0.15, 0.2) is 54.6 Å². The number of nitrogens with zero attached hydrogens (tertiary/aromatic N) is 1. The van der Waals surface area contributed by atoms with E-state index in [1.807, 2.05) is 12.1 Å². The van der Waals surface area contributed by atoms with Crippen LogP contribution in [0.25, 0.3) is 22.8 Å². The number of hydrogen-bond acceptors (Lipinski definition) is 10. The Morgan fingerprint density at radius 1 is 0.812 bits per heavy atom. The molecule has 0 bridgehead atoms. The summed E-state index contributed by atoms with van der Waals surface area (Å²) < 4.78 is 35.8. The van der Waals surface area contributed by atoms with Crippen molar-refractivity contribution in [1.82, 2.24) is 25.8 Å². The maximum atomic E-state index is 14.0. The molecular weight excluding hydrogens is 849 g/mol. The third-order valence-electron chi connectivity index (χ3n) is 10.9. The molecule has 16 nitrogen and oxygen atoms in total. The molecule has 342 valence electrons. The number of likely N-dealkylation sites (N-methyl/N-ethyl adjacent to an activating group) is 1. The van der Waals surface area contributed by atoms with Crippen molar-refractivity contribution >= 4 is 59.5 Å². The lowest BCUT2D eigenvalue weighted by atomic mass is 9.95. The number of aryl methyl sites for hydroxylation is 1. The third-order valence-corrected chi connectivity index (χ3v) is 10.9. The summed E-state index contributed by atoms with van der Waals surface area (Å²) in [5, 5.41) is 11.3. The average Bonchev–Trinajstić information content (AvgIpc) is 3.87. The molecular formula is C46H55ClFN7O9. The van der Waals surface area contributed by atoms with Crippen LogP contribution in [0.2, 0.25) is 0 Å². The fourth-order valence-corrected chi connectivity index (χ4v) is 7.64. The van der Waals surface area contributed by atoms with Crippen molar-refractivity contribution in [2.24, 2.45) is 5.73 Å². The Hall–Kier alpha value is -6.11. The second kappa shape index (κ2) is 23.0. The smallest absolute Gasteiger partial charge is 0.409 e.